The molecule has 2 aromatic rings. The maximum Gasteiger partial charge on any atom is 0.231 e. The molecule has 1 aromatic heterocycles. The van der Waals surface area contributed by atoms with Gasteiger partial charge in [-0.1, -0.05) is 5.16 Å². The van der Waals surface area contributed by atoms with Gasteiger partial charge in [-0.2, -0.15) is 4.98 Å². The average molecular weight is 353 g/mol. The highest BCUT2D eigenvalue weighted by atomic mass is 32.2. The molecule has 1 aliphatic heterocycles. The predicted molar refractivity (Wildman–Crippen MR) is 89.9 cm³/mol. The van der Waals surface area contributed by atoms with Gasteiger partial charge in [-0.15, -0.1) is 11.8 Å². The molecule has 0 aliphatic carbocycles. The smallest absolute Gasteiger partial charge is 0.231 e. The van der Waals surface area contributed by atoms with Crippen molar-refractivity contribution in [3.63, 3.8) is 0 Å². The summed E-state index contributed by atoms with van der Waals surface area (Å²) in [6, 6.07) is 7.96. The number of hydrogen-bond acceptors (Lipinski definition) is 6. The summed E-state index contributed by atoms with van der Waals surface area (Å²) in [6.45, 7) is 0.971. The van der Waals surface area contributed by atoms with Gasteiger partial charge in [-0.05, 0) is 43.4 Å². The fraction of sp³-hybridized carbons (Fsp3) is 0.467. The molecule has 23 heavy (non-hydrogen) atoms. The highest BCUT2D eigenvalue weighted by Gasteiger charge is 2.30. The Hall–Kier alpha value is -1.38. The van der Waals surface area contributed by atoms with Crippen LogP contribution in [-0.2, 0) is 10.0 Å². The van der Waals surface area contributed by atoms with E-state index in [1.807, 2.05) is 30.5 Å². The molecule has 1 aromatic carbocycles. The highest BCUT2D eigenvalue weighted by molar-refractivity contribution is 7.98. The van der Waals surface area contributed by atoms with Crippen molar-refractivity contribution < 1.29 is 12.9 Å². The lowest BCUT2D eigenvalue weighted by atomic mass is 10.00. The zero-order chi connectivity index (χ0) is 16.4. The number of aromatic nitrogens is 2. The predicted octanol–water partition coefficient (Wildman–Crippen LogP) is 2.60. The number of thioether (sulfide) groups is 1. The standard InChI is InChI=1S/C15H19N3O3S2/c1-22-13-7-5-11(6-8-13)14-16-15(21-17-14)12-4-3-9-18(10-12)23(2,19)20/h5-8,12H,3-4,9-10H2,1-2H3/t12-/m1/s1. The molecule has 0 unspecified atom stereocenters. The van der Waals surface area contributed by atoms with Crippen LogP contribution >= 0.6 is 11.8 Å². The summed E-state index contributed by atoms with van der Waals surface area (Å²) in [4.78, 5) is 5.64. The van der Waals surface area contributed by atoms with Gasteiger partial charge in [-0.25, -0.2) is 12.7 Å². The monoisotopic (exact) mass is 353 g/mol. The normalized spacial score (nSPS) is 19.8. The molecule has 0 radical (unpaired) electrons. The Bertz CT molecular complexity index is 772. The Labute approximate surface area is 140 Å². The minimum atomic E-state index is -3.18. The van der Waals surface area contributed by atoms with Crippen molar-refractivity contribution in [1.82, 2.24) is 14.4 Å². The third-order valence-electron chi connectivity index (χ3n) is 3.99. The van der Waals surface area contributed by atoms with E-state index < -0.39 is 10.0 Å². The van der Waals surface area contributed by atoms with Crippen LogP contribution in [-0.4, -0.2) is 48.5 Å². The van der Waals surface area contributed by atoms with Crippen LogP contribution in [0.15, 0.2) is 33.7 Å². The van der Waals surface area contributed by atoms with Gasteiger partial charge in [-0.3, -0.25) is 0 Å². The van der Waals surface area contributed by atoms with Crippen molar-refractivity contribution in [2.75, 3.05) is 25.6 Å². The number of rotatable bonds is 4. The summed E-state index contributed by atoms with van der Waals surface area (Å²) in [5.74, 6) is 1.02. The van der Waals surface area contributed by atoms with Gasteiger partial charge in [0.25, 0.3) is 0 Å². The Morgan fingerprint density at radius 3 is 2.70 bits per heavy atom. The quantitative estimate of drug-likeness (QED) is 0.787. The summed E-state index contributed by atoms with van der Waals surface area (Å²) in [6.07, 6.45) is 4.93. The SMILES string of the molecule is CSc1ccc(-c2noc([C@@H]3CCCN(S(C)(=O)=O)C3)n2)cc1. The highest BCUT2D eigenvalue weighted by Crippen LogP contribution is 2.29. The van der Waals surface area contributed by atoms with Crippen molar-refractivity contribution in [3.8, 4) is 11.4 Å². The lowest BCUT2D eigenvalue weighted by Gasteiger charge is -2.28. The van der Waals surface area contributed by atoms with Crippen molar-refractivity contribution in [1.29, 1.82) is 0 Å². The molecular formula is C15H19N3O3S2. The third kappa shape index (κ3) is 3.76. The van der Waals surface area contributed by atoms with Crippen LogP contribution in [0, 0.1) is 0 Å². The van der Waals surface area contributed by atoms with Gasteiger partial charge in [0, 0.05) is 23.5 Å². The molecule has 0 N–H and O–H groups in total. The molecule has 1 atom stereocenters. The summed E-state index contributed by atoms with van der Waals surface area (Å²) < 4.78 is 30.3. The lowest BCUT2D eigenvalue weighted by Crippen LogP contribution is -2.38. The molecule has 0 saturated carbocycles. The Kier molecular flexibility index (Phi) is 4.74. The van der Waals surface area contributed by atoms with Crippen LogP contribution in [0.4, 0.5) is 0 Å². The largest absolute Gasteiger partial charge is 0.339 e. The van der Waals surface area contributed by atoms with E-state index >= 15 is 0 Å². The van der Waals surface area contributed by atoms with E-state index in [0.717, 1.165) is 18.4 Å². The maximum absolute atomic E-state index is 11.7. The van der Waals surface area contributed by atoms with Crippen LogP contribution in [0.3, 0.4) is 0 Å². The second-order valence-electron chi connectivity index (χ2n) is 5.64. The number of hydrogen-bond donors (Lipinski definition) is 0. The molecule has 1 fully saturated rings. The van der Waals surface area contributed by atoms with Crippen molar-refractivity contribution in [2.24, 2.45) is 0 Å². The Morgan fingerprint density at radius 1 is 1.30 bits per heavy atom. The lowest BCUT2D eigenvalue weighted by molar-refractivity contribution is 0.266. The molecule has 0 amide bonds. The molecular weight excluding hydrogens is 334 g/mol. The molecule has 1 saturated heterocycles. The summed E-state index contributed by atoms with van der Waals surface area (Å²) in [5, 5.41) is 4.04. The van der Waals surface area contributed by atoms with Crippen LogP contribution in [0.5, 0.6) is 0 Å². The minimum Gasteiger partial charge on any atom is -0.339 e. The van der Waals surface area contributed by atoms with E-state index in [0.29, 0.717) is 24.8 Å². The zero-order valence-corrected chi connectivity index (χ0v) is 14.7. The fourth-order valence-electron chi connectivity index (χ4n) is 2.70. The van der Waals surface area contributed by atoms with E-state index in [9.17, 15) is 8.42 Å². The first-order valence-electron chi connectivity index (χ1n) is 7.40. The molecule has 0 spiro atoms. The molecule has 6 nitrogen and oxygen atoms in total. The minimum absolute atomic E-state index is 0.0369. The van der Waals surface area contributed by atoms with E-state index in [2.05, 4.69) is 10.1 Å². The third-order valence-corrected chi connectivity index (χ3v) is 6.01. The first-order chi connectivity index (χ1) is 11.0. The van der Waals surface area contributed by atoms with Crippen molar-refractivity contribution >= 4 is 21.8 Å². The zero-order valence-electron chi connectivity index (χ0n) is 13.1. The first-order valence-corrected chi connectivity index (χ1v) is 10.5. The van der Waals surface area contributed by atoms with Gasteiger partial charge >= 0.3 is 0 Å². The molecule has 8 heteroatoms. The summed E-state index contributed by atoms with van der Waals surface area (Å²) in [5.41, 5.74) is 0.897. The van der Waals surface area contributed by atoms with Gasteiger partial charge in [0.15, 0.2) is 0 Å². The number of benzene rings is 1. The van der Waals surface area contributed by atoms with Gasteiger partial charge < -0.3 is 4.52 Å². The van der Waals surface area contributed by atoms with Crippen LogP contribution < -0.4 is 0 Å². The maximum atomic E-state index is 11.7. The van der Waals surface area contributed by atoms with Crippen LogP contribution in [0.2, 0.25) is 0 Å². The van der Waals surface area contributed by atoms with Crippen LogP contribution in [0.1, 0.15) is 24.7 Å². The second-order valence-corrected chi connectivity index (χ2v) is 8.51. The fourth-order valence-corrected chi connectivity index (χ4v) is 4.02. The molecule has 1 aliphatic rings. The van der Waals surface area contributed by atoms with Gasteiger partial charge in [0.2, 0.25) is 21.7 Å². The number of nitrogens with zero attached hydrogens (tertiary/aromatic N) is 3. The van der Waals surface area contributed by atoms with E-state index in [1.165, 1.54) is 15.5 Å². The second kappa shape index (κ2) is 6.62. The average Bonchev–Trinajstić information content (AvgIpc) is 3.04. The van der Waals surface area contributed by atoms with E-state index in [4.69, 9.17) is 4.52 Å². The van der Waals surface area contributed by atoms with Crippen molar-refractivity contribution in [2.45, 2.75) is 23.7 Å². The topological polar surface area (TPSA) is 76.3 Å². The summed E-state index contributed by atoms with van der Waals surface area (Å²) in [7, 11) is -3.18. The van der Waals surface area contributed by atoms with Crippen molar-refractivity contribution in [3.05, 3.63) is 30.2 Å². The van der Waals surface area contributed by atoms with Gasteiger partial charge in [0.05, 0.1) is 12.2 Å². The first kappa shape index (κ1) is 16.5. The Morgan fingerprint density at radius 2 is 2.04 bits per heavy atom. The van der Waals surface area contributed by atoms with Gasteiger partial charge in [0.1, 0.15) is 0 Å². The summed E-state index contributed by atoms with van der Waals surface area (Å²) >= 11 is 1.68. The molecule has 3 rings (SSSR count). The van der Waals surface area contributed by atoms with Crippen LogP contribution in [0.25, 0.3) is 11.4 Å². The molecule has 2 heterocycles. The number of sulfonamides is 1. The number of piperidine rings is 1. The Balaban J connectivity index is 1.78. The van der Waals surface area contributed by atoms with E-state index in [-0.39, 0.29) is 5.92 Å². The molecule has 0 bridgehead atoms. The van der Waals surface area contributed by atoms with E-state index in [1.54, 1.807) is 11.8 Å². The molecule has 124 valence electrons.